The summed E-state index contributed by atoms with van der Waals surface area (Å²) in [5.74, 6) is 1.75. The normalized spacial score (nSPS) is 19.9. The molecule has 1 fully saturated rings. The second-order valence-corrected chi connectivity index (χ2v) is 5.38. The first kappa shape index (κ1) is 12.5. The molecule has 1 aliphatic rings. The summed E-state index contributed by atoms with van der Waals surface area (Å²) in [4.78, 5) is 18.4. The number of amides is 1. The van der Waals surface area contributed by atoms with Crippen LogP contribution < -0.4 is 0 Å². The Bertz CT molecular complexity index is 392. The van der Waals surface area contributed by atoms with Crippen LogP contribution in [0.25, 0.3) is 0 Å². The lowest BCUT2D eigenvalue weighted by molar-refractivity contribution is 0.0749. The van der Waals surface area contributed by atoms with E-state index >= 15 is 0 Å². The standard InChI is InChI=1S/C12H18N2O2S/c1-3-5-10-14(6-7-17-10)12(15)11-9(4-2)16-8-13-11/h8,10H,3-7H2,1-2H3. The molecule has 1 atom stereocenters. The maximum atomic E-state index is 12.4. The quantitative estimate of drug-likeness (QED) is 0.828. The Labute approximate surface area is 106 Å². The molecule has 0 bridgehead atoms. The van der Waals surface area contributed by atoms with Gasteiger partial charge < -0.3 is 9.32 Å². The van der Waals surface area contributed by atoms with E-state index in [1.165, 1.54) is 6.39 Å². The highest BCUT2D eigenvalue weighted by Crippen LogP contribution is 2.29. The molecule has 5 heteroatoms. The maximum absolute atomic E-state index is 12.4. The van der Waals surface area contributed by atoms with Gasteiger partial charge in [-0.25, -0.2) is 4.98 Å². The molecule has 0 saturated carbocycles. The fourth-order valence-corrected chi connectivity index (χ4v) is 3.43. The minimum Gasteiger partial charge on any atom is -0.448 e. The predicted molar refractivity (Wildman–Crippen MR) is 68.1 cm³/mol. The number of hydrogen-bond acceptors (Lipinski definition) is 4. The van der Waals surface area contributed by atoms with Gasteiger partial charge in [-0.3, -0.25) is 4.79 Å². The van der Waals surface area contributed by atoms with E-state index in [-0.39, 0.29) is 5.91 Å². The van der Waals surface area contributed by atoms with Crippen molar-refractivity contribution in [3.8, 4) is 0 Å². The van der Waals surface area contributed by atoms with Crippen molar-refractivity contribution in [2.24, 2.45) is 0 Å². The van der Waals surface area contributed by atoms with Crippen molar-refractivity contribution >= 4 is 17.7 Å². The SMILES string of the molecule is CCCC1SCCN1C(=O)c1ncoc1CC. The van der Waals surface area contributed by atoms with Crippen molar-refractivity contribution < 1.29 is 9.21 Å². The van der Waals surface area contributed by atoms with Crippen molar-refractivity contribution in [2.75, 3.05) is 12.3 Å². The molecular weight excluding hydrogens is 236 g/mol. The number of thioether (sulfide) groups is 1. The van der Waals surface area contributed by atoms with Gasteiger partial charge in [0.1, 0.15) is 5.76 Å². The van der Waals surface area contributed by atoms with Gasteiger partial charge in [0, 0.05) is 18.7 Å². The number of aryl methyl sites for hydroxylation is 1. The molecule has 1 saturated heterocycles. The van der Waals surface area contributed by atoms with Crippen molar-refractivity contribution in [3.05, 3.63) is 17.8 Å². The predicted octanol–water partition coefficient (Wildman–Crippen LogP) is 2.55. The maximum Gasteiger partial charge on any atom is 0.277 e. The second kappa shape index (κ2) is 5.58. The Kier molecular flexibility index (Phi) is 4.10. The minimum atomic E-state index is 0.0269. The van der Waals surface area contributed by atoms with Gasteiger partial charge in [0.15, 0.2) is 12.1 Å². The van der Waals surface area contributed by atoms with Crippen molar-refractivity contribution in [1.29, 1.82) is 0 Å². The van der Waals surface area contributed by atoms with Crippen LogP contribution in [0.4, 0.5) is 0 Å². The van der Waals surface area contributed by atoms with E-state index in [9.17, 15) is 4.79 Å². The molecule has 0 N–H and O–H groups in total. The van der Waals surface area contributed by atoms with Gasteiger partial charge in [-0.1, -0.05) is 20.3 Å². The number of nitrogens with zero attached hydrogens (tertiary/aromatic N) is 2. The highest BCUT2D eigenvalue weighted by molar-refractivity contribution is 8.00. The van der Waals surface area contributed by atoms with Crippen LogP contribution in [0.1, 0.15) is 42.9 Å². The first-order chi connectivity index (χ1) is 8.27. The number of aromatic nitrogens is 1. The molecule has 0 radical (unpaired) electrons. The van der Waals surface area contributed by atoms with Crippen LogP contribution in [0.15, 0.2) is 10.8 Å². The molecule has 2 rings (SSSR count). The van der Waals surface area contributed by atoms with E-state index in [2.05, 4.69) is 11.9 Å². The van der Waals surface area contributed by atoms with Gasteiger partial charge in [0.2, 0.25) is 0 Å². The molecule has 0 aliphatic carbocycles. The average Bonchev–Trinajstić information content (AvgIpc) is 2.96. The summed E-state index contributed by atoms with van der Waals surface area (Å²) in [6, 6.07) is 0. The van der Waals surface area contributed by atoms with E-state index in [1.54, 1.807) is 0 Å². The molecular formula is C12H18N2O2S. The number of rotatable bonds is 4. The van der Waals surface area contributed by atoms with Crippen LogP contribution in [0.3, 0.4) is 0 Å². The number of hydrogen-bond donors (Lipinski definition) is 0. The molecule has 1 aliphatic heterocycles. The van der Waals surface area contributed by atoms with Crippen molar-refractivity contribution in [1.82, 2.24) is 9.88 Å². The van der Waals surface area contributed by atoms with E-state index in [1.807, 2.05) is 23.6 Å². The van der Waals surface area contributed by atoms with Crippen LogP contribution in [0.2, 0.25) is 0 Å². The van der Waals surface area contributed by atoms with Crippen LogP contribution >= 0.6 is 11.8 Å². The summed E-state index contributed by atoms with van der Waals surface area (Å²) >= 11 is 1.86. The molecule has 94 valence electrons. The molecule has 1 aromatic heterocycles. The van der Waals surface area contributed by atoms with Gasteiger partial charge in [-0.15, -0.1) is 11.8 Å². The molecule has 0 spiro atoms. The van der Waals surface area contributed by atoms with E-state index < -0.39 is 0 Å². The lowest BCUT2D eigenvalue weighted by Gasteiger charge is -2.22. The Hall–Kier alpha value is -0.970. The number of carbonyl (C=O) groups excluding carboxylic acids is 1. The first-order valence-corrected chi connectivity index (χ1v) is 7.17. The average molecular weight is 254 g/mol. The molecule has 0 aromatic carbocycles. The Balaban J connectivity index is 2.14. The fraction of sp³-hybridized carbons (Fsp3) is 0.667. The van der Waals surface area contributed by atoms with Crippen LogP contribution in [-0.4, -0.2) is 33.5 Å². The summed E-state index contributed by atoms with van der Waals surface area (Å²) in [7, 11) is 0. The van der Waals surface area contributed by atoms with Gasteiger partial charge >= 0.3 is 0 Å². The summed E-state index contributed by atoms with van der Waals surface area (Å²) < 4.78 is 5.22. The van der Waals surface area contributed by atoms with E-state index in [4.69, 9.17) is 4.42 Å². The van der Waals surface area contributed by atoms with Crippen LogP contribution in [0.5, 0.6) is 0 Å². The number of carbonyl (C=O) groups is 1. The molecule has 1 unspecified atom stereocenters. The van der Waals surface area contributed by atoms with Crippen LogP contribution in [0, 0.1) is 0 Å². The lowest BCUT2D eigenvalue weighted by Crippen LogP contribution is -2.35. The second-order valence-electron chi connectivity index (χ2n) is 4.09. The van der Waals surface area contributed by atoms with Gasteiger partial charge in [0.05, 0.1) is 5.37 Å². The summed E-state index contributed by atoms with van der Waals surface area (Å²) in [5, 5.41) is 0.314. The summed E-state index contributed by atoms with van der Waals surface area (Å²) in [6.07, 6.45) is 4.22. The highest BCUT2D eigenvalue weighted by atomic mass is 32.2. The third-order valence-corrected chi connectivity index (χ3v) is 4.24. The van der Waals surface area contributed by atoms with E-state index in [0.717, 1.165) is 25.1 Å². The monoisotopic (exact) mass is 254 g/mol. The van der Waals surface area contributed by atoms with Crippen molar-refractivity contribution in [2.45, 2.75) is 38.5 Å². The number of oxazole rings is 1. The Morgan fingerprint density at radius 2 is 2.47 bits per heavy atom. The topological polar surface area (TPSA) is 46.3 Å². The zero-order chi connectivity index (χ0) is 12.3. The fourth-order valence-electron chi connectivity index (χ4n) is 2.07. The van der Waals surface area contributed by atoms with Gasteiger partial charge in [-0.2, -0.15) is 0 Å². The third-order valence-electron chi connectivity index (χ3n) is 2.95. The molecule has 2 heterocycles. The smallest absolute Gasteiger partial charge is 0.277 e. The highest BCUT2D eigenvalue weighted by Gasteiger charge is 2.31. The Morgan fingerprint density at radius 3 is 3.18 bits per heavy atom. The lowest BCUT2D eigenvalue weighted by atomic mass is 10.2. The molecule has 17 heavy (non-hydrogen) atoms. The molecule has 4 nitrogen and oxygen atoms in total. The zero-order valence-corrected chi connectivity index (χ0v) is 11.1. The molecule has 1 amide bonds. The van der Waals surface area contributed by atoms with E-state index in [0.29, 0.717) is 23.2 Å². The molecule has 1 aromatic rings. The largest absolute Gasteiger partial charge is 0.448 e. The van der Waals surface area contributed by atoms with Crippen molar-refractivity contribution in [3.63, 3.8) is 0 Å². The third kappa shape index (κ3) is 2.49. The van der Waals surface area contributed by atoms with Gasteiger partial charge in [-0.05, 0) is 6.42 Å². The Morgan fingerprint density at radius 1 is 1.65 bits per heavy atom. The summed E-state index contributed by atoms with van der Waals surface area (Å²) in [5.41, 5.74) is 0.496. The first-order valence-electron chi connectivity index (χ1n) is 6.12. The minimum absolute atomic E-state index is 0.0269. The van der Waals surface area contributed by atoms with Gasteiger partial charge in [0.25, 0.3) is 5.91 Å². The van der Waals surface area contributed by atoms with Crippen LogP contribution in [-0.2, 0) is 6.42 Å². The summed E-state index contributed by atoms with van der Waals surface area (Å²) in [6.45, 7) is 4.94. The zero-order valence-electron chi connectivity index (χ0n) is 10.3.